The molecule has 0 aliphatic heterocycles. The maximum Gasteiger partial charge on any atom is 0.244 e. The molecule has 0 bridgehead atoms. The number of rotatable bonds is 12. The molecule has 0 aromatic heterocycles. The molecule has 3 aromatic carbocycles. The number of halogens is 1. The number of methoxy groups -OCH3 is 1. The van der Waals surface area contributed by atoms with Gasteiger partial charge in [0.1, 0.15) is 18.3 Å². The van der Waals surface area contributed by atoms with Crippen LogP contribution in [-0.2, 0) is 32.6 Å². The molecule has 0 saturated heterocycles. The fraction of sp³-hybridized carbons (Fsp3) is 0.375. The molecule has 1 atom stereocenters. The second kappa shape index (κ2) is 14.1. The average Bonchev–Trinajstić information content (AvgIpc) is 3.48. The summed E-state index contributed by atoms with van der Waals surface area (Å²) in [4.78, 5) is 29.7. The summed E-state index contributed by atoms with van der Waals surface area (Å²) in [6.45, 7) is 1.35. The largest absolute Gasteiger partial charge is 0.497 e. The number of carbonyl (C=O) groups excluding carboxylic acids is 2. The molecule has 1 saturated carbocycles. The lowest BCUT2D eigenvalue weighted by atomic mass is 10.0. The van der Waals surface area contributed by atoms with E-state index < -0.39 is 28.5 Å². The summed E-state index contributed by atoms with van der Waals surface area (Å²) in [5, 5.41) is 3.52. The first-order valence-corrected chi connectivity index (χ1v) is 16.3. The van der Waals surface area contributed by atoms with Crippen LogP contribution in [0.5, 0.6) is 5.75 Å². The number of hydrogen-bond donors (Lipinski definition) is 1. The summed E-state index contributed by atoms with van der Waals surface area (Å²) in [6, 6.07) is 20.9. The van der Waals surface area contributed by atoms with Gasteiger partial charge in [-0.25, -0.2) is 8.42 Å². The molecule has 0 heterocycles. The van der Waals surface area contributed by atoms with Gasteiger partial charge in [-0.05, 0) is 60.7 Å². The number of nitrogens with one attached hydrogen (secondary N) is 1. The van der Waals surface area contributed by atoms with E-state index >= 15 is 0 Å². The fourth-order valence-corrected chi connectivity index (χ4v) is 6.40. The fourth-order valence-electron chi connectivity index (χ4n) is 5.33. The predicted octanol–water partition coefficient (Wildman–Crippen LogP) is 5.12. The van der Waals surface area contributed by atoms with Crippen molar-refractivity contribution in [1.82, 2.24) is 10.2 Å². The summed E-state index contributed by atoms with van der Waals surface area (Å²) < 4.78 is 32.5. The Hall–Kier alpha value is -3.56. The van der Waals surface area contributed by atoms with E-state index in [0.717, 1.165) is 47.4 Å². The molecule has 42 heavy (non-hydrogen) atoms. The Balaban J connectivity index is 1.75. The number of ether oxygens (including phenoxy) is 1. The molecule has 2 amide bonds. The number of aryl methyl sites for hydroxylation is 1. The number of anilines is 1. The van der Waals surface area contributed by atoms with Crippen LogP contribution in [0.15, 0.2) is 72.8 Å². The van der Waals surface area contributed by atoms with E-state index in [1.165, 1.54) is 11.0 Å². The minimum absolute atomic E-state index is 0.0474. The van der Waals surface area contributed by atoms with Gasteiger partial charge in [-0.2, -0.15) is 0 Å². The van der Waals surface area contributed by atoms with Crippen molar-refractivity contribution in [2.24, 2.45) is 0 Å². The van der Waals surface area contributed by atoms with Gasteiger partial charge in [-0.3, -0.25) is 13.9 Å². The number of benzene rings is 3. The second-order valence-corrected chi connectivity index (χ2v) is 13.1. The van der Waals surface area contributed by atoms with Crippen molar-refractivity contribution in [1.29, 1.82) is 0 Å². The van der Waals surface area contributed by atoms with Gasteiger partial charge >= 0.3 is 0 Å². The minimum atomic E-state index is -3.89. The van der Waals surface area contributed by atoms with Crippen LogP contribution in [0, 0.1) is 6.92 Å². The molecule has 1 aliphatic rings. The first-order valence-electron chi connectivity index (χ1n) is 14.1. The summed E-state index contributed by atoms with van der Waals surface area (Å²) in [5.74, 6) is -0.154. The summed E-state index contributed by atoms with van der Waals surface area (Å²) in [5.41, 5.74) is 2.60. The van der Waals surface area contributed by atoms with Crippen LogP contribution in [0.3, 0.4) is 0 Å². The molecule has 10 heteroatoms. The zero-order valence-corrected chi connectivity index (χ0v) is 25.8. The topological polar surface area (TPSA) is 96.0 Å². The smallest absolute Gasteiger partial charge is 0.244 e. The van der Waals surface area contributed by atoms with Gasteiger partial charge < -0.3 is 15.0 Å². The van der Waals surface area contributed by atoms with Gasteiger partial charge in [-0.15, -0.1) is 0 Å². The van der Waals surface area contributed by atoms with Crippen LogP contribution in [0.25, 0.3) is 0 Å². The van der Waals surface area contributed by atoms with Crippen LogP contribution in [0.4, 0.5) is 5.69 Å². The van der Waals surface area contributed by atoms with Gasteiger partial charge in [0.2, 0.25) is 21.8 Å². The highest BCUT2D eigenvalue weighted by molar-refractivity contribution is 7.92. The molecular formula is C32H38ClN3O5S. The van der Waals surface area contributed by atoms with E-state index in [-0.39, 0.29) is 24.9 Å². The Kier molecular flexibility index (Phi) is 10.5. The first-order chi connectivity index (χ1) is 20.0. The molecule has 1 fully saturated rings. The lowest BCUT2D eigenvalue weighted by Crippen LogP contribution is -2.54. The highest BCUT2D eigenvalue weighted by Gasteiger charge is 2.34. The molecule has 3 aromatic rings. The van der Waals surface area contributed by atoms with Crippen molar-refractivity contribution in [3.63, 3.8) is 0 Å². The summed E-state index contributed by atoms with van der Waals surface area (Å²) in [6.07, 6.45) is 5.20. The lowest BCUT2D eigenvalue weighted by Gasteiger charge is -2.34. The standard InChI is InChI=1S/C32H38ClN3O5S/c1-23-16-17-26(33)20-29(23)36(42(3,39)40)22-31(37)35(21-25-12-9-15-28(18-25)41-2)30(19-24-10-5-4-6-11-24)32(38)34-27-13-7-8-14-27/h4-6,9-12,15-18,20,27,30H,7-8,13-14,19,21-22H2,1-3H3,(H,34,38). The Bertz CT molecular complexity index is 1490. The van der Waals surface area contributed by atoms with E-state index in [9.17, 15) is 18.0 Å². The summed E-state index contributed by atoms with van der Waals surface area (Å²) in [7, 11) is -2.32. The first kappa shape index (κ1) is 31.4. The second-order valence-electron chi connectivity index (χ2n) is 10.8. The normalized spacial score (nSPS) is 14.3. The van der Waals surface area contributed by atoms with Crippen LogP contribution in [0.2, 0.25) is 5.02 Å². The Morgan fingerprint density at radius 2 is 1.69 bits per heavy atom. The molecule has 1 N–H and O–H groups in total. The third-order valence-electron chi connectivity index (χ3n) is 7.58. The van der Waals surface area contributed by atoms with Crippen LogP contribution < -0.4 is 14.4 Å². The monoisotopic (exact) mass is 611 g/mol. The Morgan fingerprint density at radius 1 is 1.00 bits per heavy atom. The van der Waals surface area contributed by atoms with Crippen molar-refractivity contribution in [3.8, 4) is 5.75 Å². The third kappa shape index (κ3) is 8.26. The Labute approximate surface area is 253 Å². The van der Waals surface area contributed by atoms with E-state index in [4.69, 9.17) is 16.3 Å². The zero-order chi connectivity index (χ0) is 30.3. The van der Waals surface area contributed by atoms with E-state index in [1.807, 2.05) is 48.5 Å². The van der Waals surface area contributed by atoms with Gasteiger partial charge in [0.05, 0.1) is 19.1 Å². The van der Waals surface area contributed by atoms with Crippen LogP contribution in [-0.4, -0.2) is 57.1 Å². The number of sulfonamides is 1. The molecule has 0 spiro atoms. The molecule has 1 unspecified atom stereocenters. The quantitative estimate of drug-likeness (QED) is 0.307. The van der Waals surface area contributed by atoms with Gasteiger partial charge in [0, 0.05) is 24.0 Å². The molecular weight excluding hydrogens is 574 g/mol. The molecule has 4 rings (SSSR count). The van der Waals surface area contributed by atoms with E-state index in [0.29, 0.717) is 22.0 Å². The number of nitrogens with zero attached hydrogens (tertiary/aromatic N) is 2. The van der Waals surface area contributed by atoms with E-state index in [1.54, 1.807) is 32.2 Å². The third-order valence-corrected chi connectivity index (χ3v) is 8.94. The number of amides is 2. The maximum atomic E-state index is 14.3. The average molecular weight is 612 g/mol. The van der Waals surface area contributed by atoms with Crippen LogP contribution in [0.1, 0.15) is 42.4 Å². The maximum absolute atomic E-state index is 14.3. The minimum Gasteiger partial charge on any atom is -0.497 e. The number of carbonyl (C=O) groups is 2. The number of hydrogen-bond acceptors (Lipinski definition) is 5. The van der Waals surface area contributed by atoms with Crippen molar-refractivity contribution < 1.29 is 22.7 Å². The zero-order valence-electron chi connectivity index (χ0n) is 24.3. The van der Waals surface area contributed by atoms with Crippen molar-refractivity contribution in [2.45, 2.75) is 57.7 Å². The van der Waals surface area contributed by atoms with Gasteiger partial charge in [0.15, 0.2) is 0 Å². The van der Waals surface area contributed by atoms with Gasteiger partial charge in [0.25, 0.3) is 0 Å². The van der Waals surface area contributed by atoms with Crippen molar-refractivity contribution in [2.75, 3.05) is 24.2 Å². The Morgan fingerprint density at radius 3 is 2.36 bits per heavy atom. The molecule has 8 nitrogen and oxygen atoms in total. The summed E-state index contributed by atoms with van der Waals surface area (Å²) >= 11 is 6.23. The highest BCUT2D eigenvalue weighted by Crippen LogP contribution is 2.27. The van der Waals surface area contributed by atoms with Crippen molar-refractivity contribution >= 4 is 39.1 Å². The predicted molar refractivity (Wildman–Crippen MR) is 166 cm³/mol. The lowest BCUT2D eigenvalue weighted by molar-refractivity contribution is -0.140. The SMILES string of the molecule is COc1cccc(CN(C(=O)CN(c2cc(Cl)ccc2C)S(C)(=O)=O)C(Cc2ccccc2)C(=O)NC2CCCC2)c1. The molecule has 0 radical (unpaired) electrons. The molecule has 1 aliphatic carbocycles. The van der Waals surface area contributed by atoms with E-state index in [2.05, 4.69) is 5.32 Å². The van der Waals surface area contributed by atoms with Crippen LogP contribution >= 0.6 is 11.6 Å². The highest BCUT2D eigenvalue weighted by atomic mass is 35.5. The molecule has 224 valence electrons. The van der Waals surface area contributed by atoms with Gasteiger partial charge in [-0.1, -0.05) is 73.0 Å². The van der Waals surface area contributed by atoms with Crippen molar-refractivity contribution in [3.05, 3.63) is 94.5 Å².